The van der Waals surface area contributed by atoms with Crippen LogP contribution in [0.3, 0.4) is 0 Å². The van der Waals surface area contributed by atoms with Crippen molar-refractivity contribution >= 4 is 20.9 Å². The first-order valence-corrected chi connectivity index (χ1v) is 8.62. The molecule has 1 aromatic carbocycles. The van der Waals surface area contributed by atoms with Gasteiger partial charge in [0.25, 0.3) is 0 Å². The second-order valence-electron chi connectivity index (χ2n) is 5.56. The first-order valence-electron chi connectivity index (χ1n) is 7.18. The maximum Gasteiger partial charge on any atom is 0.243 e. The molecule has 2 heterocycles. The molecule has 0 bridgehead atoms. The summed E-state index contributed by atoms with van der Waals surface area (Å²) < 4.78 is 28.9. The van der Waals surface area contributed by atoms with Crippen molar-refractivity contribution in [3.63, 3.8) is 0 Å². The van der Waals surface area contributed by atoms with Crippen LogP contribution < -0.4 is 0 Å². The summed E-state index contributed by atoms with van der Waals surface area (Å²) in [6.07, 6.45) is 5.15. The second kappa shape index (κ2) is 5.75. The third-order valence-corrected chi connectivity index (χ3v) is 5.64. The van der Waals surface area contributed by atoms with Crippen LogP contribution in [0, 0.1) is 6.92 Å². The topological polar surface area (TPSA) is 68.1 Å². The maximum absolute atomic E-state index is 12.9. The summed E-state index contributed by atoms with van der Waals surface area (Å²) in [5.74, 6) is 0. The number of rotatable bonds is 4. The van der Waals surface area contributed by atoms with Crippen molar-refractivity contribution in [2.75, 3.05) is 7.05 Å². The SMILES string of the molecule is Cc1ccc(S(=O)(=O)N(C)Cc2cnn(C)c2)c2cccnc12. The van der Waals surface area contributed by atoms with E-state index in [2.05, 4.69) is 10.1 Å². The molecule has 7 heteroatoms. The van der Waals surface area contributed by atoms with Gasteiger partial charge in [-0.05, 0) is 30.7 Å². The summed E-state index contributed by atoms with van der Waals surface area (Å²) in [6, 6.07) is 6.98. The number of sulfonamides is 1. The molecule has 0 aliphatic heterocycles. The molecule has 0 N–H and O–H groups in total. The molecular formula is C16H18N4O2S. The van der Waals surface area contributed by atoms with E-state index < -0.39 is 10.0 Å². The van der Waals surface area contributed by atoms with E-state index in [0.717, 1.165) is 11.1 Å². The van der Waals surface area contributed by atoms with Crippen molar-refractivity contribution < 1.29 is 8.42 Å². The minimum Gasteiger partial charge on any atom is -0.275 e. The number of hydrogen-bond donors (Lipinski definition) is 0. The molecule has 0 unspecified atom stereocenters. The van der Waals surface area contributed by atoms with Crippen molar-refractivity contribution in [1.82, 2.24) is 19.1 Å². The molecule has 6 nitrogen and oxygen atoms in total. The highest BCUT2D eigenvalue weighted by Crippen LogP contribution is 2.26. The van der Waals surface area contributed by atoms with E-state index in [1.165, 1.54) is 4.31 Å². The molecular weight excluding hydrogens is 312 g/mol. The Morgan fingerprint density at radius 1 is 1.26 bits per heavy atom. The molecule has 0 aliphatic carbocycles. The van der Waals surface area contributed by atoms with E-state index in [0.29, 0.717) is 10.9 Å². The monoisotopic (exact) mass is 330 g/mol. The lowest BCUT2D eigenvalue weighted by molar-refractivity contribution is 0.467. The molecule has 2 aromatic heterocycles. The van der Waals surface area contributed by atoms with Gasteiger partial charge in [-0.3, -0.25) is 9.67 Å². The standard InChI is InChI=1S/C16H18N4O2S/c1-12-6-7-15(14-5-4-8-17-16(12)14)23(21,22)20(3)11-13-9-18-19(2)10-13/h4-10H,11H2,1-3H3. The number of pyridine rings is 1. The van der Waals surface area contributed by atoms with Crippen LogP contribution in [-0.2, 0) is 23.6 Å². The minimum atomic E-state index is -3.61. The Kier molecular flexibility index (Phi) is 3.91. The van der Waals surface area contributed by atoms with Crippen LogP contribution in [-0.4, -0.2) is 34.5 Å². The molecule has 120 valence electrons. The zero-order valence-corrected chi connectivity index (χ0v) is 14.1. The van der Waals surface area contributed by atoms with E-state index in [1.54, 1.807) is 61.6 Å². The van der Waals surface area contributed by atoms with Crippen LogP contribution >= 0.6 is 0 Å². The molecule has 23 heavy (non-hydrogen) atoms. The van der Waals surface area contributed by atoms with E-state index in [9.17, 15) is 8.42 Å². The van der Waals surface area contributed by atoms with E-state index in [4.69, 9.17) is 0 Å². The van der Waals surface area contributed by atoms with Crippen LogP contribution in [0.2, 0.25) is 0 Å². The summed E-state index contributed by atoms with van der Waals surface area (Å²) >= 11 is 0. The molecule has 0 saturated carbocycles. The molecule has 0 atom stereocenters. The molecule has 0 aliphatic rings. The number of benzene rings is 1. The highest BCUT2D eigenvalue weighted by atomic mass is 32.2. The fourth-order valence-corrected chi connectivity index (χ4v) is 3.91. The first kappa shape index (κ1) is 15.6. The Hall–Kier alpha value is -2.25. The molecule has 0 amide bonds. The quantitative estimate of drug-likeness (QED) is 0.735. The van der Waals surface area contributed by atoms with Gasteiger partial charge in [-0.25, -0.2) is 8.42 Å². The summed E-state index contributed by atoms with van der Waals surface area (Å²) in [4.78, 5) is 4.58. The average Bonchev–Trinajstić information content (AvgIpc) is 2.92. The Labute approximate surface area is 135 Å². The predicted octanol–water partition coefficient (Wildman–Crippen LogP) is 2.10. The molecule has 3 aromatic rings. The van der Waals surface area contributed by atoms with E-state index >= 15 is 0 Å². The Morgan fingerprint density at radius 2 is 2.04 bits per heavy atom. The highest BCUT2D eigenvalue weighted by molar-refractivity contribution is 7.89. The number of fused-ring (bicyclic) bond motifs is 1. The average molecular weight is 330 g/mol. The Balaban J connectivity index is 2.04. The Morgan fingerprint density at radius 3 is 2.74 bits per heavy atom. The fraction of sp³-hybridized carbons (Fsp3) is 0.250. The third kappa shape index (κ3) is 2.85. The van der Waals surface area contributed by atoms with Crippen molar-refractivity contribution in [3.8, 4) is 0 Å². The van der Waals surface area contributed by atoms with Crippen LogP contribution in [0.4, 0.5) is 0 Å². The van der Waals surface area contributed by atoms with Crippen LogP contribution in [0.25, 0.3) is 10.9 Å². The smallest absolute Gasteiger partial charge is 0.243 e. The van der Waals surface area contributed by atoms with Gasteiger partial charge >= 0.3 is 0 Å². The van der Waals surface area contributed by atoms with Gasteiger partial charge in [0.15, 0.2) is 0 Å². The van der Waals surface area contributed by atoms with Gasteiger partial charge < -0.3 is 0 Å². The summed E-state index contributed by atoms with van der Waals surface area (Å²) in [7, 11) is -0.238. The molecule has 0 spiro atoms. The lowest BCUT2D eigenvalue weighted by Gasteiger charge is -2.18. The van der Waals surface area contributed by atoms with Gasteiger partial charge in [0.05, 0.1) is 16.6 Å². The molecule has 0 fully saturated rings. The van der Waals surface area contributed by atoms with Gasteiger partial charge in [0.2, 0.25) is 10.0 Å². The number of aromatic nitrogens is 3. The summed E-state index contributed by atoms with van der Waals surface area (Å²) in [6.45, 7) is 2.19. The Bertz CT molecular complexity index is 963. The van der Waals surface area contributed by atoms with Crippen LogP contribution in [0.5, 0.6) is 0 Å². The number of nitrogens with zero attached hydrogens (tertiary/aromatic N) is 4. The number of aryl methyl sites for hydroxylation is 2. The fourth-order valence-electron chi connectivity index (χ4n) is 2.58. The first-order chi connectivity index (χ1) is 10.9. The number of hydrogen-bond acceptors (Lipinski definition) is 4. The van der Waals surface area contributed by atoms with Gasteiger partial charge in [-0.15, -0.1) is 0 Å². The zero-order valence-electron chi connectivity index (χ0n) is 13.3. The predicted molar refractivity (Wildman–Crippen MR) is 88.3 cm³/mol. The van der Waals surface area contributed by atoms with Crippen LogP contribution in [0.1, 0.15) is 11.1 Å². The van der Waals surface area contributed by atoms with E-state index in [1.807, 2.05) is 6.92 Å². The summed E-state index contributed by atoms with van der Waals surface area (Å²) in [5, 5.41) is 4.72. The summed E-state index contributed by atoms with van der Waals surface area (Å²) in [5.41, 5.74) is 2.51. The molecule has 3 rings (SSSR count). The lowest BCUT2D eigenvalue weighted by Crippen LogP contribution is -2.26. The zero-order chi connectivity index (χ0) is 16.6. The van der Waals surface area contributed by atoms with Crippen LogP contribution in [0.15, 0.2) is 47.8 Å². The van der Waals surface area contributed by atoms with Crippen molar-refractivity contribution in [1.29, 1.82) is 0 Å². The second-order valence-corrected chi connectivity index (χ2v) is 7.58. The maximum atomic E-state index is 12.9. The van der Waals surface area contributed by atoms with Crippen molar-refractivity contribution in [2.45, 2.75) is 18.4 Å². The normalized spacial score (nSPS) is 12.2. The molecule has 0 saturated heterocycles. The third-order valence-electron chi connectivity index (χ3n) is 3.78. The van der Waals surface area contributed by atoms with Gasteiger partial charge in [0, 0.05) is 44.0 Å². The van der Waals surface area contributed by atoms with Gasteiger partial charge in [-0.2, -0.15) is 9.40 Å². The van der Waals surface area contributed by atoms with Crippen molar-refractivity contribution in [2.24, 2.45) is 7.05 Å². The van der Waals surface area contributed by atoms with Crippen molar-refractivity contribution in [3.05, 3.63) is 54.0 Å². The van der Waals surface area contributed by atoms with E-state index in [-0.39, 0.29) is 11.4 Å². The largest absolute Gasteiger partial charge is 0.275 e. The molecule has 0 radical (unpaired) electrons. The van der Waals surface area contributed by atoms with Gasteiger partial charge in [-0.1, -0.05) is 6.07 Å². The highest BCUT2D eigenvalue weighted by Gasteiger charge is 2.24. The lowest BCUT2D eigenvalue weighted by atomic mass is 10.1. The van der Waals surface area contributed by atoms with Gasteiger partial charge in [0.1, 0.15) is 0 Å². The minimum absolute atomic E-state index is 0.270.